The summed E-state index contributed by atoms with van der Waals surface area (Å²) in [6, 6.07) is -1.26. The molecule has 7 nitrogen and oxygen atoms in total. The second-order valence-electron chi connectivity index (χ2n) is 8.03. The minimum atomic E-state index is -4.43. The van der Waals surface area contributed by atoms with E-state index in [1.165, 1.54) is 25.3 Å². The van der Waals surface area contributed by atoms with Gasteiger partial charge in [0.25, 0.3) is 10.1 Å². The highest BCUT2D eigenvalue weighted by Crippen LogP contribution is 2.07. The average molecular weight is 474 g/mol. The maximum Gasteiger partial charge on any atom is 0.267 e. The molecule has 0 aliphatic heterocycles. The fourth-order valence-electron chi connectivity index (χ4n) is 3.01. The van der Waals surface area contributed by atoms with Crippen LogP contribution in [-0.2, 0) is 14.9 Å². The zero-order chi connectivity index (χ0) is 24.2. The van der Waals surface area contributed by atoms with E-state index in [1.54, 1.807) is 6.08 Å². The third kappa shape index (κ3) is 18.1. The predicted molar refractivity (Wildman–Crippen MR) is 130 cm³/mol. The minimum Gasteiger partial charge on any atom is -0.387 e. The van der Waals surface area contributed by atoms with Crippen molar-refractivity contribution in [1.82, 2.24) is 5.32 Å². The van der Waals surface area contributed by atoms with E-state index in [4.69, 9.17) is 4.55 Å². The van der Waals surface area contributed by atoms with Crippen molar-refractivity contribution in [3.8, 4) is 0 Å². The van der Waals surface area contributed by atoms with Crippen molar-refractivity contribution in [2.45, 2.75) is 103 Å². The normalized spacial score (nSPS) is 15.5. The van der Waals surface area contributed by atoms with Crippen molar-refractivity contribution >= 4 is 16.0 Å². The lowest BCUT2D eigenvalue weighted by Gasteiger charge is -2.22. The van der Waals surface area contributed by atoms with Crippen molar-refractivity contribution in [2.75, 3.05) is 5.75 Å². The van der Waals surface area contributed by atoms with Gasteiger partial charge in [-0.3, -0.25) is 9.35 Å². The van der Waals surface area contributed by atoms with Crippen LogP contribution in [0.4, 0.5) is 0 Å². The summed E-state index contributed by atoms with van der Waals surface area (Å²) in [6.07, 6.45) is 18.4. The molecule has 0 fully saturated rings. The predicted octanol–water partition coefficient (Wildman–Crippen LogP) is 4.08. The van der Waals surface area contributed by atoms with E-state index in [1.807, 2.05) is 18.2 Å². The first-order valence-corrected chi connectivity index (χ1v) is 13.4. The lowest BCUT2D eigenvalue weighted by Crippen LogP contribution is -2.50. The van der Waals surface area contributed by atoms with Crippen LogP contribution < -0.4 is 5.32 Å². The number of aliphatic hydroxyl groups is 2. The molecule has 0 aliphatic carbocycles. The Morgan fingerprint density at radius 3 is 2.12 bits per heavy atom. The minimum absolute atomic E-state index is 0.186. The van der Waals surface area contributed by atoms with Gasteiger partial charge in [0.05, 0.1) is 17.9 Å². The molecule has 0 heterocycles. The molecule has 32 heavy (non-hydrogen) atoms. The third-order valence-electron chi connectivity index (χ3n) is 4.89. The molecule has 1 amide bonds. The highest BCUT2D eigenvalue weighted by Gasteiger charge is 2.27. The van der Waals surface area contributed by atoms with Gasteiger partial charge in [0.15, 0.2) is 0 Å². The number of rotatable bonds is 19. The number of amides is 1. The fraction of sp³-hybridized carbons (Fsp3) is 0.708. The number of hydrogen-bond donors (Lipinski definition) is 4. The molecule has 0 rings (SSSR count). The van der Waals surface area contributed by atoms with Crippen LogP contribution in [0.15, 0.2) is 36.5 Å². The Morgan fingerprint density at radius 1 is 0.844 bits per heavy atom. The summed E-state index contributed by atoms with van der Waals surface area (Å²) >= 11 is 0. The van der Waals surface area contributed by atoms with Gasteiger partial charge in [0.2, 0.25) is 5.91 Å². The molecule has 4 N–H and O–H groups in total. The number of nitrogens with one attached hydrogen (secondary N) is 1. The lowest BCUT2D eigenvalue weighted by molar-refractivity contribution is -0.130. The smallest absolute Gasteiger partial charge is 0.267 e. The molecular weight excluding hydrogens is 430 g/mol. The van der Waals surface area contributed by atoms with Crippen molar-refractivity contribution in [3.63, 3.8) is 0 Å². The monoisotopic (exact) mass is 473 g/mol. The molecule has 0 aliphatic rings. The zero-order valence-corrected chi connectivity index (χ0v) is 20.5. The summed E-state index contributed by atoms with van der Waals surface area (Å²) in [5.41, 5.74) is 0. The first-order valence-electron chi connectivity index (χ1n) is 11.8. The van der Waals surface area contributed by atoms with Crippen LogP contribution in [0.3, 0.4) is 0 Å². The highest BCUT2D eigenvalue weighted by atomic mass is 32.2. The number of allylic oxidation sites excluding steroid dienone is 5. The molecular formula is C24H43NO6S. The molecule has 0 bridgehead atoms. The van der Waals surface area contributed by atoms with Gasteiger partial charge in [-0.1, -0.05) is 76.0 Å². The Kier molecular flexibility index (Phi) is 18.2. The van der Waals surface area contributed by atoms with Crippen LogP contribution in [0.2, 0.25) is 0 Å². The quantitative estimate of drug-likeness (QED) is 0.127. The summed E-state index contributed by atoms with van der Waals surface area (Å²) in [4.78, 5) is 12.3. The molecule has 0 aromatic heterocycles. The van der Waals surface area contributed by atoms with Crippen molar-refractivity contribution in [1.29, 1.82) is 0 Å². The van der Waals surface area contributed by atoms with E-state index in [0.717, 1.165) is 32.1 Å². The largest absolute Gasteiger partial charge is 0.387 e. The van der Waals surface area contributed by atoms with Crippen molar-refractivity contribution < 1.29 is 28.0 Å². The number of aliphatic hydroxyl groups excluding tert-OH is 2. The number of unbranched alkanes of at least 4 members (excludes halogenated alkanes) is 6. The summed E-state index contributed by atoms with van der Waals surface area (Å²) in [5, 5.41) is 22.7. The van der Waals surface area contributed by atoms with Crippen LogP contribution in [0.5, 0.6) is 0 Å². The van der Waals surface area contributed by atoms with Gasteiger partial charge < -0.3 is 15.5 Å². The SMILES string of the molecule is CCC/C=C/CC/C=C/C(O)C(CS(=O)(=O)O)NC(=O)C(O)CC/C=C\CCCCCC. The summed E-state index contributed by atoms with van der Waals surface area (Å²) < 4.78 is 31.8. The summed E-state index contributed by atoms with van der Waals surface area (Å²) in [6.45, 7) is 4.25. The molecule has 0 aromatic carbocycles. The Morgan fingerprint density at radius 2 is 1.47 bits per heavy atom. The van der Waals surface area contributed by atoms with E-state index in [2.05, 4.69) is 25.2 Å². The average Bonchev–Trinajstić information content (AvgIpc) is 2.73. The van der Waals surface area contributed by atoms with Gasteiger partial charge in [-0.15, -0.1) is 0 Å². The van der Waals surface area contributed by atoms with E-state index in [9.17, 15) is 23.4 Å². The maximum absolute atomic E-state index is 12.3. The van der Waals surface area contributed by atoms with Crippen LogP contribution in [0.1, 0.15) is 84.5 Å². The highest BCUT2D eigenvalue weighted by molar-refractivity contribution is 7.85. The van der Waals surface area contributed by atoms with E-state index >= 15 is 0 Å². The maximum atomic E-state index is 12.3. The van der Waals surface area contributed by atoms with Gasteiger partial charge >= 0.3 is 0 Å². The Labute approximate surface area is 194 Å². The molecule has 3 atom stereocenters. The van der Waals surface area contributed by atoms with Gasteiger partial charge in [-0.2, -0.15) is 8.42 Å². The Balaban J connectivity index is 4.59. The third-order valence-corrected chi connectivity index (χ3v) is 5.67. The molecule has 0 radical (unpaired) electrons. The van der Waals surface area contributed by atoms with Crippen LogP contribution in [0, 0.1) is 0 Å². The van der Waals surface area contributed by atoms with Gasteiger partial charge in [0, 0.05) is 0 Å². The van der Waals surface area contributed by atoms with Crippen molar-refractivity contribution in [3.05, 3.63) is 36.5 Å². The number of carbonyl (C=O) groups is 1. The summed E-state index contributed by atoms with van der Waals surface area (Å²) in [7, 11) is -4.43. The van der Waals surface area contributed by atoms with E-state index in [-0.39, 0.29) is 6.42 Å². The first-order chi connectivity index (χ1) is 15.2. The topological polar surface area (TPSA) is 124 Å². The molecule has 0 saturated heterocycles. The first kappa shape index (κ1) is 30.5. The van der Waals surface area contributed by atoms with Gasteiger partial charge in [-0.05, 0) is 44.9 Å². The molecule has 0 aromatic rings. The number of carbonyl (C=O) groups excluding carboxylic acids is 1. The molecule has 186 valence electrons. The molecule has 3 unspecified atom stereocenters. The second kappa shape index (κ2) is 19.0. The zero-order valence-electron chi connectivity index (χ0n) is 19.7. The molecule has 0 saturated carbocycles. The van der Waals surface area contributed by atoms with Crippen LogP contribution in [0.25, 0.3) is 0 Å². The fourth-order valence-corrected chi connectivity index (χ4v) is 3.74. The lowest BCUT2D eigenvalue weighted by atomic mass is 10.1. The Hall–Kier alpha value is -1.48. The second-order valence-corrected chi connectivity index (χ2v) is 9.53. The van der Waals surface area contributed by atoms with Crippen LogP contribution >= 0.6 is 0 Å². The van der Waals surface area contributed by atoms with Gasteiger partial charge in [-0.25, -0.2) is 0 Å². The van der Waals surface area contributed by atoms with Crippen LogP contribution in [-0.4, -0.2) is 53.1 Å². The van der Waals surface area contributed by atoms with Crippen molar-refractivity contribution in [2.24, 2.45) is 0 Å². The standard InChI is InChI=1S/C24H43NO6S/c1-3-5-7-9-11-13-15-17-19-23(27)24(28)25-21(20-32(29,30)31)22(26)18-16-14-12-10-8-6-4-2/h8,10,13,15-16,18,21-23,26-27H,3-7,9,11-12,14,17,19-20H2,1-2H3,(H,25,28)(H,29,30,31)/b10-8+,15-13-,18-16+. The Bertz CT molecular complexity index is 672. The summed E-state index contributed by atoms with van der Waals surface area (Å²) in [5.74, 6) is -1.62. The van der Waals surface area contributed by atoms with E-state index in [0.29, 0.717) is 12.8 Å². The number of hydrogen-bond acceptors (Lipinski definition) is 5. The van der Waals surface area contributed by atoms with E-state index < -0.39 is 40.0 Å². The molecule has 0 spiro atoms. The molecule has 8 heteroatoms. The van der Waals surface area contributed by atoms with Gasteiger partial charge in [0.1, 0.15) is 6.10 Å².